The van der Waals surface area contributed by atoms with E-state index in [4.69, 9.17) is 0 Å². The molecular formula is C17H22N4O2. The van der Waals surface area contributed by atoms with Crippen molar-refractivity contribution >= 4 is 23.2 Å². The van der Waals surface area contributed by atoms with Gasteiger partial charge < -0.3 is 16.0 Å². The minimum absolute atomic E-state index is 0.0777. The van der Waals surface area contributed by atoms with E-state index in [0.29, 0.717) is 5.69 Å². The summed E-state index contributed by atoms with van der Waals surface area (Å²) in [5.74, 6) is -0.113. The van der Waals surface area contributed by atoms with Gasteiger partial charge in [0.15, 0.2) is 0 Å². The summed E-state index contributed by atoms with van der Waals surface area (Å²) >= 11 is 0. The molecule has 0 radical (unpaired) electrons. The van der Waals surface area contributed by atoms with Crippen molar-refractivity contribution in [2.75, 3.05) is 17.2 Å². The van der Waals surface area contributed by atoms with Crippen LogP contribution in [0.3, 0.4) is 0 Å². The van der Waals surface area contributed by atoms with Crippen molar-refractivity contribution in [3.63, 3.8) is 0 Å². The van der Waals surface area contributed by atoms with Gasteiger partial charge in [0.1, 0.15) is 5.54 Å². The predicted molar refractivity (Wildman–Crippen MR) is 88.9 cm³/mol. The van der Waals surface area contributed by atoms with E-state index in [2.05, 4.69) is 22.0 Å². The van der Waals surface area contributed by atoms with E-state index >= 15 is 0 Å². The molecule has 1 atom stereocenters. The molecule has 1 aliphatic carbocycles. The van der Waals surface area contributed by atoms with Crippen LogP contribution < -0.4 is 16.0 Å². The van der Waals surface area contributed by atoms with E-state index in [0.717, 1.165) is 24.1 Å². The van der Waals surface area contributed by atoms with Crippen molar-refractivity contribution in [3.05, 3.63) is 23.8 Å². The third kappa shape index (κ3) is 4.46. The molecule has 23 heavy (non-hydrogen) atoms. The van der Waals surface area contributed by atoms with Crippen LogP contribution in [-0.2, 0) is 9.59 Å². The van der Waals surface area contributed by atoms with Gasteiger partial charge >= 0.3 is 0 Å². The zero-order valence-electron chi connectivity index (χ0n) is 13.7. The molecule has 2 rings (SSSR count). The maximum atomic E-state index is 12.1. The predicted octanol–water partition coefficient (Wildman–Crippen LogP) is 2.17. The van der Waals surface area contributed by atoms with Crippen LogP contribution in [0.25, 0.3) is 0 Å². The molecule has 1 aromatic carbocycles. The van der Waals surface area contributed by atoms with Gasteiger partial charge in [-0.1, -0.05) is 6.07 Å². The number of rotatable bonds is 6. The van der Waals surface area contributed by atoms with Gasteiger partial charge in [0.2, 0.25) is 11.8 Å². The highest BCUT2D eigenvalue weighted by molar-refractivity contribution is 5.89. The van der Waals surface area contributed by atoms with Crippen LogP contribution in [-0.4, -0.2) is 23.9 Å². The average Bonchev–Trinajstić information content (AvgIpc) is 3.32. The number of benzene rings is 1. The van der Waals surface area contributed by atoms with E-state index < -0.39 is 5.54 Å². The molecule has 0 heterocycles. The second-order valence-electron chi connectivity index (χ2n) is 6.20. The number of hydrogen-bond donors (Lipinski definition) is 3. The number of anilines is 2. The first-order chi connectivity index (χ1) is 10.8. The number of carbonyl (C=O) groups excluding carboxylic acids is 2. The molecule has 0 unspecified atom stereocenters. The van der Waals surface area contributed by atoms with Gasteiger partial charge in [-0.25, -0.2) is 0 Å². The molecule has 0 bridgehead atoms. The summed E-state index contributed by atoms with van der Waals surface area (Å²) in [7, 11) is 0. The van der Waals surface area contributed by atoms with Crippen molar-refractivity contribution in [2.45, 2.75) is 39.2 Å². The van der Waals surface area contributed by atoms with Crippen molar-refractivity contribution in [2.24, 2.45) is 5.92 Å². The fourth-order valence-corrected chi connectivity index (χ4v) is 2.48. The molecule has 3 N–H and O–H groups in total. The standard InChI is InChI=1S/C17H22N4O2/c1-11-4-7-14(20-12(2)22)8-15(11)19-9-16(23)21-17(3,10-18)13-5-6-13/h4,7-8,13,19H,5-6,9H2,1-3H3,(H,20,22)(H,21,23)/t17-/m0/s1. The summed E-state index contributed by atoms with van der Waals surface area (Å²) in [5.41, 5.74) is 1.63. The topological polar surface area (TPSA) is 94.0 Å². The zero-order chi connectivity index (χ0) is 17.0. The molecule has 1 saturated carbocycles. The van der Waals surface area contributed by atoms with E-state index in [1.165, 1.54) is 6.92 Å². The summed E-state index contributed by atoms with van der Waals surface area (Å²) in [6.45, 7) is 5.21. The van der Waals surface area contributed by atoms with Crippen LogP contribution >= 0.6 is 0 Å². The fourth-order valence-electron chi connectivity index (χ4n) is 2.48. The molecular weight excluding hydrogens is 292 g/mol. The van der Waals surface area contributed by atoms with Gasteiger partial charge in [-0.05, 0) is 50.3 Å². The summed E-state index contributed by atoms with van der Waals surface area (Å²) in [5, 5.41) is 17.8. The second kappa shape index (κ2) is 6.69. The first-order valence-corrected chi connectivity index (χ1v) is 7.68. The SMILES string of the molecule is CC(=O)Nc1ccc(C)c(NCC(=O)N[C@@](C)(C#N)C2CC2)c1. The van der Waals surface area contributed by atoms with Crippen molar-refractivity contribution < 1.29 is 9.59 Å². The van der Waals surface area contributed by atoms with E-state index in [1.54, 1.807) is 13.0 Å². The molecule has 0 spiro atoms. The Morgan fingerprint density at radius 1 is 1.39 bits per heavy atom. The minimum Gasteiger partial charge on any atom is -0.376 e. The summed E-state index contributed by atoms with van der Waals surface area (Å²) in [4.78, 5) is 23.2. The Morgan fingerprint density at radius 2 is 2.09 bits per heavy atom. The van der Waals surface area contributed by atoms with Crippen LogP contribution in [0.1, 0.15) is 32.3 Å². The number of nitrogens with one attached hydrogen (secondary N) is 3. The Bertz CT molecular complexity index is 661. The Morgan fingerprint density at radius 3 is 2.65 bits per heavy atom. The molecule has 0 saturated heterocycles. The summed E-state index contributed by atoms with van der Waals surface area (Å²) in [6, 6.07) is 7.67. The largest absolute Gasteiger partial charge is 0.376 e. The normalized spacial score (nSPS) is 15.9. The summed E-state index contributed by atoms with van der Waals surface area (Å²) < 4.78 is 0. The molecule has 0 aliphatic heterocycles. The smallest absolute Gasteiger partial charge is 0.240 e. The average molecular weight is 314 g/mol. The van der Waals surface area contributed by atoms with Crippen LogP contribution in [0.15, 0.2) is 18.2 Å². The third-order valence-electron chi connectivity index (χ3n) is 4.02. The van der Waals surface area contributed by atoms with E-state index in [9.17, 15) is 14.9 Å². The Kier molecular flexibility index (Phi) is 4.89. The lowest BCUT2D eigenvalue weighted by molar-refractivity contribution is -0.120. The van der Waals surface area contributed by atoms with Gasteiger partial charge in [0, 0.05) is 18.3 Å². The maximum Gasteiger partial charge on any atom is 0.240 e. The Hall–Kier alpha value is -2.55. The van der Waals surface area contributed by atoms with Crippen molar-refractivity contribution in [1.29, 1.82) is 5.26 Å². The van der Waals surface area contributed by atoms with Gasteiger partial charge in [-0.3, -0.25) is 9.59 Å². The second-order valence-corrected chi connectivity index (χ2v) is 6.20. The highest BCUT2D eigenvalue weighted by Gasteiger charge is 2.42. The molecule has 1 aromatic rings. The van der Waals surface area contributed by atoms with Gasteiger partial charge in [0.05, 0.1) is 12.6 Å². The molecule has 1 aliphatic rings. The van der Waals surface area contributed by atoms with Crippen LogP contribution in [0.4, 0.5) is 11.4 Å². The molecule has 0 aromatic heterocycles. The Labute approximate surface area is 136 Å². The fraction of sp³-hybridized carbons (Fsp3) is 0.471. The van der Waals surface area contributed by atoms with E-state index in [1.807, 2.05) is 19.1 Å². The number of amides is 2. The lowest BCUT2D eigenvalue weighted by atomic mass is 9.98. The highest BCUT2D eigenvalue weighted by Crippen LogP contribution is 2.39. The lowest BCUT2D eigenvalue weighted by Crippen LogP contribution is -2.48. The third-order valence-corrected chi connectivity index (χ3v) is 4.02. The lowest BCUT2D eigenvalue weighted by Gasteiger charge is -2.23. The number of nitriles is 1. The highest BCUT2D eigenvalue weighted by atomic mass is 16.2. The van der Waals surface area contributed by atoms with Crippen molar-refractivity contribution in [1.82, 2.24) is 5.32 Å². The minimum atomic E-state index is -0.786. The quantitative estimate of drug-likeness (QED) is 0.750. The van der Waals surface area contributed by atoms with Crippen LogP contribution in [0, 0.1) is 24.2 Å². The van der Waals surface area contributed by atoms with E-state index in [-0.39, 0.29) is 24.3 Å². The number of nitrogens with zero attached hydrogens (tertiary/aromatic N) is 1. The van der Waals surface area contributed by atoms with Gasteiger partial charge in [-0.2, -0.15) is 5.26 Å². The Balaban J connectivity index is 1.96. The number of aryl methyl sites for hydroxylation is 1. The first kappa shape index (κ1) is 16.8. The van der Waals surface area contributed by atoms with Crippen LogP contribution in [0.5, 0.6) is 0 Å². The summed E-state index contributed by atoms with van der Waals surface area (Å²) in [6.07, 6.45) is 1.96. The zero-order valence-corrected chi connectivity index (χ0v) is 13.7. The molecule has 6 nitrogen and oxygen atoms in total. The van der Waals surface area contributed by atoms with Gasteiger partial charge in [0.25, 0.3) is 0 Å². The monoisotopic (exact) mass is 314 g/mol. The molecule has 2 amide bonds. The van der Waals surface area contributed by atoms with Crippen LogP contribution in [0.2, 0.25) is 0 Å². The molecule has 6 heteroatoms. The molecule has 122 valence electrons. The first-order valence-electron chi connectivity index (χ1n) is 7.68. The number of hydrogen-bond acceptors (Lipinski definition) is 4. The number of carbonyl (C=O) groups is 2. The van der Waals surface area contributed by atoms with Gasteiger partial charge in [-0.15, -0.1) is 0 Å². The maximum absolute atomic E-state index is 12.1. The molecule has 1 fully saturated rings. The van der Waals surface area contributed by atoms with Crippen molar-refractivity contribution in [3.8, 4) is 6.07 Å².